The first kappa shape index (κ1) is 16.8. The normalized spacial score (nSPS) is 13.0. The van der Waals surface area contributed by atoms with Crippen LogP contribution in [0.2, 0.25) is 0 Å². The Kier molecular flexibility index (Phi) is 5.52. The number of halogens is 3. The van der Waals surface area contributed by atoms with Crippen molar-refractivity contribution in [1.82, 2.24) is 0 Å². The SMILES string of the molecule is C=C/C=C\C(C(=O)Nc1ccc(C)cc1)=C(/C)C(F)(F)F. The Bertz CT molecular complexity index is 581. The van der Waals surface area contributed by atoms with Gasteiger partial charge in [-0.25, -0.2) is 0 Å². The molecule has 21 heavy (non-hydrogen) atoms. The monoisotopic (exact) mass is 295 g/mol. The van der Waals surface area contributed by atoms with E-state index in [-0.39, 0.29) is 0 Å². The molecule has 0 aliphatic heterocycles. The highest BCUT2D eigenvalue weighted by molar-refractivity contribution is 6.06. The molecule has 0 saturated heterocycles. The highest BCUT2D eigenvalue weighted by atomic mass is 19.4. The number of aryl methyl sites for hydroxylation is 1. The molecular weight excluding hydrogens is 279 g/mol. The molecule has 1 aromatic rings. The summed E-state index contributed by atoms with van der Waals surface area (Å²) in [4.78, 5) is 12.0. The first-order chi connectivity index (χ1) is 9.75. The van der Waals surface area contributed by atoms with Gasteiger partial charge in [-0.2, -0.15) is 13.2 Å². The van der Waals surface area contributed by atoms with Gasteiger partial charge in [-0.3, -0.25) is 4.79 Å². The quantitative estimate of drug-likeness (QED) is 0.640. The average Bonchev–Trinajstić information content (AvgIpc) is 2.40. The number of benzene rings is 1. The Morgan fingerprint density at radius 2 is 1.81 bits per heavy atom. The largest absolute Gasteiger partial charge is 0.413 e. The molecule has 0 saturated carbocycles. The molecule has 0 fully saturated rings. The number of carbonyl (C=O) groups excluding carboxylic acids is 1. The van der Waals surface area contributed by atoms with Crippen LogP contribution in [0, 0.1) is 6.92 Å². The van der Waals surface area contributed by atoms with Crippen molar-refractivity contribution < 1.29 is 18.0 Å². The van der Waals surface area contributed by atoms with Gasteiger partial charge >= 0.3 is 6.18 Å². The van der Waals surface area contributed by atoms with E-state index in [1.54, 1.807) is 24.3 Å². The summed E-state index contributed by atoms with van der Waals surface area (Å²) in [5.41, 5.74) is 0.0278. The second-order valence-electron chi connectivity index (χ2n) is 4.45. The summed E-state index contributed by atoms with van der Waals surface area (Å²) >= 11 is 0. The third-order valence-electron chi connectivity index (χ3n) is 2.78. The zero-order valence-corrected chi connectivity index (χ0v) is 11.8. The number of carbonyl (C=O) groups is 1. The number of rotatable bonds is 4. The van der Waals surface area contributed by atoms with E-state index in [0.717, 1.165) is 18.6 Å². The van der Waals surface area contributed by atoms with Crippen molar-refractivity contribution in [3.05, 3.63) is 65.8 Å². The molecule has 1 rings (SSSR count). The summed E-state index contributed by atoms with van der Waals surface area (Å²) in [6.07, 6.45) is -0.868. The summed E-state index contributed by atoms with van der Waals surface area (Å²) in [6.45, 7) is 6.13. The number of alkyl halides is 3. The molecule has 0 spiro atoms. The van der Waals surface area contributed by atoms with Crippen molar-refractivity contribution in [2.45, 2.75) is 20.0 Å². The van der Waals surface area contributed by atoms with E-state index >= 15 is 0 Å². The second kappa shape index (κ2) is 6.92. The smallest absolute Gasteiger partial charge is 0.322 e. The van der Waals surface area contributed by atoms with Gasteiger partial charge in [-0.05, 0) is 32.1 Å². The Hall–Kier alpha value is -2.30. The van der Waals surface area contributed by atoms with Crippen molar-refractivity contribution in [3.8, 4) is 0 Å². The molecule has 0 atom stereocenters. The van der Waals surface area contributed by atoms with Gasteiger partial charge in [0.05, 0.1) is 0 Å². The van der Waals surface area contributed by atoms with E-state index in [2.05, 4.69) is 11.9 Å². The van der Waals surface area contributed by atoms with Gasteiger partial charge < -0.3 is 5.32 Å². The number of anilines is 1. The topological polar surface area (TPSA) is 29.1 Å². The van der Waals surface area contributed by atoms with E-state index in [0.29, 0.717) is 5.69 Å². The van der Waals surface area contributed by atoms with E-state index in [9.17, 15) is 18.0 Å². The van der Waals surface area contributed by atoms with Gasteiger partial charge in [-0.15, -0.1) is 0 Å². The Labute approximate surface area is 121 Å². The lowest BCUT2D eigenvalue weighted by Gasteiger charge is -2.12. The first-order valence-corrected chi connectivity index (χ1v) is 6.21. The minimum atomic E-state index is -4.56. The predicted octanol–water partition coefficient (Wildman–Crippen LogP) is 4.55. The Morgan fingerprint density at radius 3 is 2.29 bits per heavy atom. The lowest BCUT2D eigenvalue weighted by Crippen LogP contribution is -2.20. The van der Waals surface area contributed by atoms with Crippen molar-refractivity contribution in [1.29, 1.82) is 0 Å². The minimum absolute atomic E-state index is 0.435. The summed E-state index contributed by atoms with van der Waals surface area (Å²) in [6, 6.07) is 6.78. The van der Waals surface area contributed by atoms with E-state index in [1.165, 1.54) is 12.2 Å². The predicted molar refractivity (Wildman–Crippen MR) is 77.9 cm³/mol. The van der Waals surface area contributed by atoms with Crippen molar-refractivity contribution in [3.63, 3.8) is 0 Å². The molecule has 1 aromatic carbocycles. The molecule has 1 amide bonds. The van der Waals surface area contributed by atoms with Gasteiger partial charge in [0.15, 0.2) is 0 Å². The maximum absolute atomic E-state index is 12.8. The zero-order chi connectivity index (χ0) is 16.0. The maximum Gasteiger partial charge on any atom is 0.413 e. The fraction of sp³-hybridized carbons (Fsp3) is 0.188. The summed E-state index contributed by atoms with van der Waals surface area (Å²) in [5, 5.41) is 2.45. The molecule has 0 radical (unpaired) electrons. The molecule has 5 heteroatoms. The van der Waals surface area contributed by atoms with Crippen LogP contribution in [-0.4, -0.2) is 12.1 Å². The van der Waals surface area contributed by atoms with Gasteiger partial charge in [0.2, 0.25) is 0 Å². The minimum Gasteiger partial charge on any atom is -0.322 e. The van der Waals surface area contributed by atoms with Crippen LogP contribution in [0.5, 0.6) is 0 Å². The van der Waals surface area contributed by atoms with Crippen molar-refractivity contribution in [2.75, 3.05) is 5.32 Å². The van der Waals surface area contributed by atoms with E-state index < -0.39 is 23.2 Å². The van der Waals surface area contributed by atoms with Crippen LogP contribution in [0.4, 0.5) is 18.9 Å². The van der Waals surface area contributed by atoms with Crippen LogP contribution in [0.15, 0.2) is 60.2 Å². The van der Waals surface area contributed by atoms with Crippen LogP contribution in [0.25, 0.3) is 0 Å². The van der Waals surface area contributed by atoms with Crippen LogP contribution >= 0.6 is 0 Å². The molecule has 0 bridgehead atoms. The summed E-state index contributed by atoms with van der Waals surface area (Å²) < 4.78 is 38.3. The van der Waals surface area contributed by atoms with E-state index in [1.807, 2.05) is 6.92 Å². The fourth-order valence-corrected chi connectivity index (χ4v) is 1.52. The highest BCUT2D eigenvalue weighted by Gasteiger charge is 2.33. The lowest BCUT2D eigenvalue weighted by atomic mass is 10.1. The van der Waals surface area contributed by atoms with Gasteiger partial charge in [0, 0.05) is 16.8 Å². The van der Waals surface area contributed by atoms with Crippen molar-refractivity contribution in [2.24, 2.45) is 0 Å². The number of nitrogens with one attached hydrogen (secondary N) is 1. The first-order valence-electron chi connectivity index (χ1n) is 6.21. The third-order valence-corrected chi connectivity index (χ3v) is 2.78. The number of hydrogen-bond acceptors (Lipinski definition) is 1. The zero-order valence-electron chi connectivity index (χ0n) is 11.8. The number of hydrogen-bond donors (Lipinski definition) is 1. The van der Waals surface area contributed by atoms with Gasteiger partial charge in [0.1, 0.15) is 0 Å². The molecule has 112 valence electrons. The molecule has 0 aromatic heterocycles. The van der Waals surface area contributed by atoms with Crippen LogP contribution in [0.1, 0.15) is 12.5 Å². The molecule has 2 nitrogen and oxygen atoms in total. The van der Waals surface area contributed by atoms with Crippen LogP contribution in [0.3, 0.4) is 0 Å². The van der Waals surface area contributed by atoms with E-state index in [4.69, 9.17) is 0 Å². The Morgan fingerprint density at radius 1 is 1.24 bits per heavy atom. The standard InChI is InChI=1S/C16H16F3NO/c1-4-5-6-14(12(3)16(17,18)19)15(21)20-13-9-7-11(2)8-10-13/h4-10H,1H2,2-3H3,(H,20,21)/b6-5-,14-12-. The van der Waals surface area contributed by atoms with Crippen LogP contribution < -0.4 is 5.32 Å². The fourth-order valence-electron chi connectivity index (χ4n) is 1.52. The van der Waals surface area contributed by atoms with Gasteiger partial charge in [-0.1, -0.05) is 36.4 Å². The molecule has 0 unspecified atom stereocenters. The second-order valence-corrected chi connectivity index (χ2v) is 4.45. The molecule has 0 heterocycles. The average molecular weight is 295 g/mol. The molecule has 1 N–H and O–H groups in total. The lowest BCUT2D eigenvalue weighted by molar-refractivity contribution is -0.114. The van der Waals surface area contributed by atoms with Crippen molar-refractivity contribution >= 4 is 11.6 Å². The van der Waals surface area contributed by atoms with Crippen LogP contribution in [-0.2, 0) is 4.79 Å². The highest BCUT2D eigenvalue weighted by Crippen LogP contribution is 2.28. The summed E-state index contributed by atoms with van der Waals surface area (Å²) in [5.74, 6) is -0.813. The number of allylic oxidation sites excluding steroid dienone is 3. The third kappa shape index (κ3) is 4.95. The number of amides is 1. The maximum atomic E-state index is 12.8. The molecular formula is C16H16F3NO. The summed E-state index contributed by atoms with van der Waals surface area (Å²) in [7, 11) is 0. The molecule has 0 aliphatic carbocycles. The van der Waals surface area contributed by atoms with Gasteiger partial charge in [0.25, 0.3) is 5.91 Å². The Balaban J connectivity index is 3.09. The molecule has 0 aliphatic rings.